The highest BCUT2D eigenvalue weighted by Crippen LogP contribution is 2.47. The summed E-state index contributed by atoms with van der Waals surface area (Å²) in [7, 11) is 0. The number of rotatable bonds is 3. The molecule has 3 heterocycles. The average molecular weight is 656 g/mol. The zero-order valence-corrected chi connectivity index (χ0v) is 27.4. The van der Waals surface area contributed by atoms with Gasteiger partial charge in [0.15, 0.2) is 17.5 Å². The molecule has 0 N–H and O–H groups in total. The summed E-state index contributed by atoms with van der Waals surface area (Å²) >= 11 is 1.85. The molecular weight excluding hydrogens is 631 g/mol. The average Bonchev–Trinajstić information content (AvgIpc) is 3.75. The molecule has 0 radical (unpaired) electrons. The molecule has 232 valence electrons. The van der Waals surface area contributed by atoms with Crippen LogP contribution in [0.2, 0.25) is 0 Å². The zero-order valence-electron chi connectivity index (χ0n) is 26.6. The van der Waals surface area contributed by atoms with Gasteiger partial charge in [0, 0.05) is 53.0 Å². The number of hydrogen-bond donors (Lipinski definition) is 0. The van der Waals surface area contributed by atoms with Crippen LogP contribution < -0.4 is 0 Å². The summed E-state index contributed by atoms with van der Waals surface area (Å²) in [6, 6.07) is 53.1. The molecule has 0 saturated carbocycles. The fraction of sp³-hybridized carbons (Fsp3) is 0. The van der Waals surface area contributed by atoms with Crippen LogP contribution in [0.5, 0.6) is 0 Å². The van der Waals surface area contributed by atoms with E-state index in [1.54, 1.807) is 0 Å². The number of hydrogen-bond acceptors (Lipinski definition) is 5. The van der Waals surface area contributed by atoms with E-state index in [0.717, 1.165) is 44.0 Å². The third kappa shape index (κ3) is 4.08. The van der Waals surface area contributed by atoms with Crippen LogP contribution in [0.1, 0.15) is 0 Å². The Morgan fingerprint density at radius 2 is 1.06 bits per heavy atom. The Morgan fingerprint density at radius 1 is 0.400 bits per heavy atom. The van der Waals surface area contributed by atoms with Crippen molar-refractivity contribution in [1.29, 1.82) is 0 Å². The van der Waals surface area contributed by atoms with Crippen LogP contribution in [0.25, 0.3) is 109 Å². The first-order valence-corrected chi connectivity index (χ1v) is 17.5. The van der Waals surface area contributed by atoms with Crippen molar-refractivity contribution >= 4 is 85.8 Å². The Morgan fingerprint density at radius 3 is 1.92 bits per heavy atom. The molecule has 0 spiro atoms. The van der Waals surface area contributed by atoms with Gasteiger partial charge in [0.1, 0.15) is 11.2 Å². The Balaban J connectivity index is 1.29. The molecule has 3 aromatic heterocycles. The molecule has 0 unspecified atom stereocenters. The van der Waals surface area contributed by atoms with Crippen LogP contribution in [0.4, 0.5) is 0 Å². The molecule has 50 heavy (non-hydrogen) atoms. The number of nitrogens with zero attached hydrogens (tertiary/aromatic N) is 3. The van der Waals surface area contributed by atoms with Crippen molar-refractivity contribution in [2.75, 3.05) is 0 Å². The van der Waals surface area contributed by atoms with Gasteiger partial charge in [-0.25, -0.2) is 15.0 Å². The minimum absolute atomic E-state index is 0.614. The van der Waals surface area contributed by atoms with Gasteiger partial charge in [-0.15, -0.1) is 11.3 Å². The van der Waals surface area contributed by atoms with E-state index in [4.69, 9.17) is 19.4 Å². The second kappa shape index (κ2) is 10.5. The molecule has 0 aliphatic carbocycles. The SMILES string of the molecule is c1ccc(-c2nc(-c3cccc4oc5ccccc5c34)nc(-c3cc4ccc5ccccc5c4c4sc5cc6ccccc6cc5c34)n2)cc1. The Hall–Kier alpha value is -6.43. The van der Waals surface area contributed by atoms with Crippen molar-refractivity contribution in [3.63, 3.8) is 0 Å². The first-order chi connectivity index (χ1) is 24.8. The van der Waals surface area contributed by atoms with Crippen molar-refractivity contribution in [3.8, 4) is 34.2 Å². The molecular formula is C45H25N3OS. The highest BCUT2D eigenvalue weighted by atomic mass is 32.1. The quantitative estimate of drug-likeness (QED) is 0.178. The minimum atomic E-state index is 0.614. The van der Waals surface area contributed by atoms with Gasteiger partial charge in [-0.05, 0) is 57.3 Å². The summed E-state index contributed by atoms with van der Waals surface area (Å²) in [6.07, 6.45) is 0. The van der Waals surface area contributed by atoms with Crippen LogP contribution >= 0.6 is 11.3 Å². The first-order valence-electron chi connectivity index (χ1n) is 16.7. The second-order valence-electron chi connectivity index (χ2n) is 12.8. The van der Waals surface area contributed by atoms with E-state index >= 15 is 0 Å². The van der Waals surface area contributed by atoms with Crippen molar-refractivity contribution in [1.82, 2.24) is 15.0 Å². The van der Waals surface area contributed by atoms with Crippen LogP contribution in [-0.4, -0.2) is 15.0 Å². The lowest BCUT2D eigenvalue weighted by Crippen LogP contribution is -2.01. The lowest BCUT2D eigenvalue weighted by Gasteiger charge is -2.12. The van der Waals surface area contributed by atoms with E-state index in [9.17, 15) is 0 Å². The summed E-state index contributed by atoms with van der Waals surface area (Å²) in [6.45, 7) is 0. The Bertz CT molecular complexity index is 3160. The maximum absolute atomic E-state index is 6.29. The van der Waals surface area contributed by atoms with Crippen molar-refractivity contribution in [3.05, 3.63) is 152 Å². The fourth-order valence-electron chi connectivity index (χ4n) is 7.59. The van der Waals surface area contributed by atoms with E-state index in [-0.39, 0.29) is 0 Å². The van der Waals surface area contributed by atoms with Crippen molar-refractivity contribution < 1.29 is 4.42 Å². The molecule has 11 aromatic rings. The number of fused-ring (bicyclic) bond motifs is 11. The number of aromatic nitrogens is 3. The van der Waals surface area contributed by atoms with Crippen LogP contribution in [0.3, 0.4) is 0 Å². The van der Waals surface area contributed by atoms with E-state index in [0.29, 0.717) is 17.5 Å². The molecule has 8 aromatic carbocycles. The van der Waals surface area contributed by atoms with Crippen LogP contribution in [-0.2, 0) is 0 Å². The summed E-state index contributed by atoms with van der Waals surface area (Å²) in [5.41, 5.74) is 4.49. The maximum atomic E-state index is 6.29. The number of furan rings is 1. The molecule has 0 atom stereocenters. The molecule has 0 aliphatic rings. The predicted molar refractivity (Wildman–Crippen MR) is 209 cm³/mol. The summed E-state index contributed by atoms with van der Waals surface area (Å²) in [4.78, 5) is 15.7. The van der Waals surface area contributed by atoms with Gasteiger partial charge in [-0.3, -0.25) is 0 Å². The Labute approximate surface area is 289 Å². The maximum Gasteiger partial charge on any atom is 0.164 e. The van der Waals surface area contributed by atoms with Crippen molar-refractivity contribution in [2.45, 2.75) is 0 Å². The number of thiophene rings is 1. The second-order valence-corrected chi connectivity index (χ2v) is 13.8. The summed E-state index contributed by atoms with van der Waals surface area (Å²) in [5.74, 6) is 1.89. The first kappa shape index (κ1) is 27.5. The monoisotopic (exact) mass is 655 g/mol. The highest BCUT2D eigenvalue weighted by Gasteiger charge is 2.22. The van der Waals surface area contributed by atoms with Gasteiger partial charge in [-0.2, -0.15) is 0 Å². The third-order valence-electron chi connectivity index (χ3n) is 9.87. The third-order valence-corrected chi connectivity index (χ3v) is 11.0. The molecule has 0 fully saturated rings. The van der Waals surface area contributed by atoms with Gasteiger partial charge in [-0.1, -0.05) is 121 Å². The molecule has 11 rings (SSSR count). The fourth-order valence-corrected chi connectivity index (χ4v) is 8.91. The van der Waals surface area contributed by atoms with E-state index in [2.05, 4.69) is 103 Å². The van der Waals surface area contributed by atoms with E-state index in [1.165, 1.54) is 47.1 Å². The minimum Gasteiger partial charge on any atom is -0.456 e. The molecule has 0 saturated heterocycles. The predicted octanol–water partition coefficient (Wildman–Crippen LogP) is 12.6. The molecule has 4 nitrogen and oxygen atoms in total. The Kier molecular flexibility index (Phi) is 5.80. The smallest absolute Gasteiger partial charge is 0.164 e. The van der Waals surface area contributed by atoms with Gasteiger partial charge < -0.3 is 4.42 Å². The van der Waals surface area contributed by atoms with Crippen molar-refractivity contribution in [2.24, 2.45) is 0 Å². The molecule has 0 aliphatic heterocycles. The van der Waals surface area contributed by atoms with E-state index < -0.39 is 0 Å². The van der Waals surface area contributed by atoms with Gasteiger partial charge in [0.05, 0.1) is 0 Å². The molecule has 5 heteroatoms. The van der Waals surface area contributed by atoms with Gasteiger partial charge >= 0.3 is 0 Å². The molecule has 0 bridgehead atoms. The lowest BCUT2D eigenvalue weighted by atomic mass is 9.95. The normalized spacial score (nSPS) is 12.0. The topological polar surface area (TPSA) is 51.8 Å². The largest absolute Gasteiger partial charge is 0.456 e. The van der Waals surface area contributed by atoms with Gasteiger partial charge in [0.25, 0.3) is 0 Å². The molecule has 0 amide bonds. The standard InChI is InChI=1S/C45H25N3OS/c1-2-12-27(13-3-1)43-46-44(33-18-10-20-37-40(33)32-17-8-9-19-36(32)49-37)48-45(47-43)35-24-30-22-21-26-11-6-7-16-31(26)39(30)42-41(35)34-23-28-14-4-5-15-29(28)25-38(34)50-42/h1-25H. The summed E-state index contributed by atoms with van der Waals surface area (Å²) < 4.78 is 8.77. The number of para-hydroxylation sites is 1. The summed E-state index contributed by atoms with van der Waals surface area (Å²) in [5, 5.41) is 11.8. The highest BCUT2D eigenvalue weighted by molar-refractivity contribution is 7.27. The van der Waals surface area contributed by atoms with E-state index in [1.807, 2.05) is 59.9 Å². The van der Waals surface area contributed by atoms with Crippen LogP contribution in [0.15, 0.2) is 156 Å². The zero-order chi connectivity index (χ0) is 32.8. The lowest BCUT2D eigenvalue weighted by molar-refractivity contribution is 0.669. The van der Waals surface area contributed by atoms with Gasteiger partial charge in [0.2, 0.25) is 0 Å². The number of benzene rings is 8. The van der Waals surface area contributed by atoms with Crippen LogP contribution in [0, 0.1) is 0 Å².